The highest BCUT2D eigenvalue weighted by Crippen LogP contribution is 2.16. The molecule has 6 nitrogen and oxygen atoms in total. The highest BCUT2D eigenvalue weighted by molar-refractivity contribution is 7.11. The molecule has 1 rings (SSSR count). The minimum absolute atomic E-state index is 0.0122. The summed E-state index contributed by atoms with van der Waals surface area (Å²) < 4.78 is 0. The molecule has 1 atom stereocenters. The van der Waals surface area contributed by atoms with Crippen molar-refractivity contribution in [2.24, 2.45) is 0 Å². The summed E-state index contributed by atoms with van der Waals surface area (Å²) in [5.74, 6) is -1.16. The Morgan fingerprint density at radius 1 is 1.37 bits per heavy atom. The van der Waals surface area contributed by atoms with Crippen molar-refractivity contribution in [1.29, 1.82) is 0 Å². The quantitative estimate of drug-likeness (QED) is 0.599. The summed E-state index contributed by atoms with van der Waals surface area (Å²) in [5, 5.41) is 22.4. The van der Waals surface area contributed by atoms with Crippen LogP contribution in [0, 0.1) is 0 Å². The Bertz CT molecular complexity index is 433. The van der Waals surface area contributed by atoms with Crippen molar-refractivity contribution in [3.05, 3.63) is 21.9 Å². The van der Waals surface area contributed by atoms with Crippen molar-refractivity contribution < 1.29 is 19.8 Å². The van der Waals surface area contributed by atoms with Crippen LogP contribution in [-0.4, -0.2) is 34.9 Å². The van der Waals surface area contributed by atoms with Gasteiger partial charge in [0, 0.05) is 22.8 Å². The van der Waals surface area contributed by atoms with Crippen molar-refractivity contribution in [3.63, 3.8) is 0 Å². The number of carboxylic acid groups (broad SMARTS) is 1. The molecule has 0 aromatic carbocycles. The topological polar surface area (TPSA) is 98.7 Å². The number of carbonyl (C=O) groups is 2. The smallest absolute Gasteiger partial charge is 0.326 e. The number of nitrogens with one attached hydrogen (secondary N) is 2. The summed E-state index contributed by atoms with van der Waals surface area (Å²) in [5.41, 5.74) is 0. The van der Waals surface area contributed by atoms with E-state index in [1.807, 2.05) is 12.1 Å². The van der Waals surface area contributed by atoms with E-state index < -0.39 is 18.0 Å². The molecule has 1 aromatic rings. The number of aliphatic carboxylic acids is 1. The Morgan fingerprint density at radius 3 is 2.58 bits per heavy atom. The SMILES string of the molecule is CCc1ccc(CNC(=O)N[C@@H](CCO)C(=O)O)s1. The number of thiophene rings is 1. The maximum absolute atomic E-state index is 11.5. The Balaban J connectivity index is 2.40. The molecule has 1 aromatic heterocycles. The van der Waals surface area contributed by atoms with Gasteiger partial charge in [-0.15, -0.1) is 11.3 Å². The van der Waals surface area contributed by atoms with Crippen LogP contribution in [0.1, 0.15) is 23.1 Å². The lowest BCUT2D eigenvalue weighted by molar-refractivity contribution is -0.139. The van der Waals surface area contributed by atoms with Crippen LogP contribution < -0.4 is 10.6 Å². The molecule has 0 spiro atoms. The Labute approximate surface area is 115 Å². The molecule has 0 fully saturated rings. The lowest BCUT2D eigenvalue weighted by Crippen LogP contribution is -2.46. The molecule has 7 heteroatoms. The van der Waals surface area contributed by atoms with Crippen LogP contribution in [0.5, 0.6) is 0 Å². The maximum Gasteiger partial charge on any atom is 0.326 e. The molecule has 106 valence electrons. The zero-order valence-corrected chi connectivity index (χ0v) is 11.5. The number of carboxylic acids is 1. The molecule has 2 amide bonds. The first-order chi connectivity index (χ1) is 9.06. The number of amides is 2. The van der Waals surface area contributed by atoms with Crippen LogP contribution in [0.25, 0.3) is 0 Å². The van der Waals surface area contributed by atoms with Gasteiger partial charge in [-0.2, -0.15) is 0 Å². The van der Waals surface area contributed by atoms with Crippen molar-refractivity contribution in [3.8, 4) is 0 Å². The number of urea groups is 1. The van der Waals surface area contributed by atoms with Gasteiger partial charge in [-0.25, -0.2) is 9.59 Å². The highest BCUT2D eigenvalue weighted by atomic mass is 32.1. The minimum atomic E-state index is -1.16. The van der Waals surface area contributed by atoms with Gasteiger partial charge in [0.2, 0.25) is 0 Å². The molecule has 4 N–H and O–H groups in total. The van der Waals surface area contributed by atoms with Crippen molar-refractivity contribution in [2.45, 2.75) is 32.4 Å². The normalized spacial score (nSPS) is 11.9. The molecule has 0 unspecified atom stereocenters. The summed E-state index contributed by atoms with van der Waals surface area (Å²) in [6.07, 6.45) is 0.941. The van der Waals surface area contributed by atoms with Gasteiger partial charge >= 0.3 is 12.0 Å². The number of aliphatic hydroxyl groups is 1. The summed E-state index contributed by atoms with van der Waals surface area (Å²) >= 11 is 1.61. The van der Waals surface area contributed by atoms with E-state index >= 15 is 0 Å². The number of aryl methyl sites for hydroxylation is 1. The van der Waals surface area contributed by atoms with Crippen LogP contribution in [0.15, 0.2) is 12.1 Å². The molecule has 0 aliphatic rings. The van der Waals surface area contributed by atoms with E-state index in [0.29, 0.717) is 6.54 Å². The molecular weight excluding hydrogens is 268 g/mol. The second-order valence-electron chi connectivity index (χ2n) is 3.95. The van der Waals surface area contributed by atoms with E-state index in [1.165, 1.54) is 4.88 Å². The van der Waals surface area contributed by atoms with Gasteiger partial charge in [0.25, 0.3) is 0 Å². The van der Waals surface area contributed by atoms with E-state index in [9.17, 15) is 9.59 Å². The monoisotopic (exact) mass is 286 g/mol. The van der Waals surface area contributed by atoms with Crippen LogP contribution in [-0.2, 0) is 17.8 Å². The van der Waals surface area contributed by atoms with Gasteiger partial charge in [0.15, 0.2) is 0 Å². The third-order valence-corrected chi connectivity index (χ3v) is 3.74. The second-order valence-corrected chi connectivity index (χ2v) is 5.20. The van der Waals surface area contributed by atoms with Crippen LogP contribution in [0.2, 0.25) is 0 Å². The number of hydrogen-bond donors (Lipinski definition) is 4. The second kappa shape index (κ2) is 7.75. The van der Waals surface area contributed by atoms with Crippen molar-refractivity contribution >= 4 is 23.3 Å². The summed E-state index contributed by atoms with van der Waals surface area (Å²) in [7, 11) is 0. The predicted molar refractivity (Wildman–Crippen MR) is 72.2 cm³/mol. The van der Waals surface area contributed by atoms with Crippen molar-refractivity contribution in [2.75, 3.05) is 6.61 Å². The predicted octanol–water partition coefficient (Wildman–Crippen LogP) is 0.945. The summed E-state index contributed by atoms with van der Waals surface area (Å²) in [4.78, 5) is 24.6. The van der Waals surface area contributed by atoms with E-state index in [2.05, 4.69) is 17.6 Å². The first kappa shape index (κ1) is 15.5. The zero-order chi connectivity index (χ0) is 14.3. The molecule has 0 aliphatic carbocycles. The fraction of sp³-hybridized carbons (Fsp3) is 0.500. The fourth-order valence-electron chi connectivity index (χ4n) is 1.47. The Hall–Kier alpha value is -1.60. The highest BCUT2D eigenvalue weighted by Gasteiger charge is 2.18. The van der Waals surface area contributed by atoms with Crippen molar-refractivity contribution in [1.82, 2.24) is 10.6 Å². The standard InChI is InChI=1S/C12H18N2O4S/c1-2-8-3-4-9(19-8)7-13-12(18)14-10(5-6-15)11(16)17/h3-4,10,15H,2,5-7H2,1H3,(H,16,17)(H2,13,14,18)/t10-/m0/s1. The third-order valence-electron chi connectivity index (χ3n) is 2.51. The molecule has 0 saturated carbocycles. The average Bonchev–Trinajstić information content (AvgIpc) is 2.83. The third kappa shape index (κ3) is 5.27. The van der Waals surface area contributed by atoms with Crippen LogP contribution >= 0.6 is 11.3 Å². The zero-order valence-electron chi connectivity index (χ0n) is 10.7. The number of rotatable bonds is 7. The Morgan fingerprint density at radius 2 is 2.05 bits per heavy atom. The summed E-state index contributed by atoms with van der Waals surface area (Å²) in [6, 6.07) is 2.32. The van der Waals surface area contributed by atoms with E-state index in [4.69, 9.17) is 10.2 Å². The van der Waals surface area contributed by atoms with E-state index in [0.717, 1.165) is 11.3 Å². The maximum atomic E-state index is 11.5. The number of carbonyl (C=O) groups excluding carboxylic acids is 1. The minimum Gasteiger partial charge on any atom is -0.480 e. The fourth-order valence-corrected chi connectivity index (χ4v) is 2.37. The Kier molecular flexibility index (Phi) is 6.31. The van der Waals surface area contributed by atoms with E-state index in [-0.39, 0.29) is 13.0 Å². The number of hydrogen-bond acceptors (Lipinski definition) is 4. The van der Waals surface area contributed by atoms with Crippen LogP contribution in [0.3, 0.4) is 0 Å². The molecule has 0 radical (unpaired) electrons. The molecular formula is C12H18N2O4S. The molecule has 19 heavy (non-hydrogen) atoms. The molecule has 0 saturated heterocycles. The number of aliphatic hydroxyl groups excluding tert-OH is 1. The van der Waals surface area contributed by atoms with Gasteiger partial charge < -0.3 is 20.8 Å². The molecule has 0 aliphatic heterocycles. The largest absolute Gasteiger partial charge is 0.480 e. The lowest BCUT2D eigenvalue weighted by Gasteiger charge is -2.13. The average molecular weight is 286 g/mol. The molecule has 0 bridgehead atoms. The molecule has 1 heterocycles. The first-order valence-corrected chi connectivity index (χ1v) is 6.84. The van der Waals surface area contributed by atoms with Gasteiger partial charge in [-0.3, -0.25) is 0 Å². The summed E-state index contributed by atoms with van der Waals surface area (Å²) in [6.45, 7) is 2.13. The van der Waals surface area contributed by atoms with Gasteiger partial charge in [-0.05, 0) is 18.6 Å². The van der Waals surface area contributed by atoms with E-state index in [1.54, 1.807) is 11.3 Å². The van der Waals surface area contributed by atoms with Gasteiger partial charge in [-0.1, -0.05) is 6.92 Å². The van der Waals surface area contributed by atoms with Crippen LogP contribution in [0.4, 0.5) is 4.79 Å². The van der Waals surface area contributed by atoms with Gasteiger partial charge in [0.1, 0.15) is 6.04 Å². The van der Waals surface area contributed by atoms with Gasteiger partial charge in [0.05, 0.1) is 6.54 Å². The lowest BCUT2D eigenvalue weighted by atomic mass is 10.2. The first-order valence-electron chi connectivity index (χ1n) is 6.02.